The van der Waals surface area contributed by atoms with E-state index in [1.807, 2.05) is 21.1 Å². The summed E-state index contributed by atoms with van der Waals surface area (Å²) in [5.74, 6) is -0.816. The molecule has 0 radical (unpaired) electrons. The molecule has 0 aliphatic heterocycles. The summed E-state index contributed by atoms with van der Waals surface area (Å²) >= 11 is 0. The summed E-state index contributed by atoms with van der Waals surface area (Å²) in [5, 5.41) is 0. The van der Waals surface area contributed by atoms with Crippen molar-refractivity contribution in [3.05, 3.63) is 0 Å². The second kappa shape index (κ2) is 42.3. The number of carbonyl (C=O) groups is 2. The maximum atomic E-state index is 12.7. The van der Waals surface area contributed by atoms with Crippen LogP contribution in [0.25, 0.3) is 0 Å². The van der Waals surface area contributed by atoms with Gasteiger partial charge in [0.2, 0.25) is 0 Å². The predicted octanol–water partition coefficient (Wildman–Crippen LogP) is 14.1. The molecule has 0 rings (SSSR count). The van der Waals surface area contributed by atoms with Gasteiger partial charge in [0.15, 0.2) is 6.10 Å². The van der Waals surface area contributed by atoms with Gasteiger partial charge in [-0.05, 0) is 12.8 Å². The molecule has 0 aromatic carbocycles. The van der Waals surface area contributed by atoms with Crippen molar-refractivity contribution in [2.45, 2.75) is 258 Å². The Labute approximate surface area is 365 Å². The fraction of sp³-hybridized carbons (Fsp3) is 0.959. The van der Waals surface area contributed by atoms with Crippen LogP contribution in [-0.2, 0) is 32.7 Å². The Morgan fingerprint density at radius 2 is 0.763 bits per heavy atom. The number of rotatable bonds is 47. The Bertz CT molecular complexity index is 974. The number of unbranched alkanes of at least 4 members (excludes halogenated alkanes) is 33. The van der Waals surface area contributed by atoms with Crippen LogP contribution in [0.5, 0.6) is 0 Å². The van der Waals surface area contributed by atoms with Gasteiger partial charge in [0.25, 0.3) is 7.82 Å². The van der Waals surface area contributed by atoms with Crippen molar-refractivity contribution in [1.82, 2.24) is 0 Å². The molecule has 2 unspecified atom stereocenters. The van der Waals surface area contributed by atoms with Crippen molar-refractivity contribution in [2.75, 3.05) is 47.5 Å². The van der Waals surface area contributed by atoms with Gasteiger partial charge in [-0.1, -0.05) is 226 Å². The van der Waals surface area contributed by atoms with Crippen LogP contribution in [0, 0.1) is 0 Å². The molecule has 0 aromatic heterocycles. The largest absolute Gasteiger partial charge is 0.756 e. The van der Waals surface area contributed by atoms with Gasteiger partial charge in [-0.25, -0.2) is 0 Å². The van der Waals surface area contributed by atoms with Gasteiger partial charge in [-0.2, -0.15) is 0 Å². The lowest BCUT2D eigenvalue weighted by atomic mass is 10.0. The minimum absolute atomic E-state index is 0.0255. The number of hydrogen-bond acceptors (Lipinski definition) is 8. The third kappa shape index (κ3) is 46.3. The first kappa shape index (κ1) is 58.0. The third-order valence-corrected chi connectivity index (χ3v) is 12.3. The minimum Gasteiger partial charge on any atom is -0.756 e. The summed E-state index contributed by atoms with van der Waals surface area (Å²) in [7, 11) is 1.18. The first-order valence-electron chi connectivity index (χ1n) is 25.2. The zero-order chi connectivity index (χ0) is 43.6. The Morgan fingerprint density at radius 1 is 0.458 bits per heavy atom. The van der Waals surface area contributed by atoms with Crippen LogP contribution in [0.3, 0.4) is 0 Å². The summed E-state index contributed by atoms with van der Waals surface area (Å²) in [5.41, 5.74) is 0. The van der Waals surface area contributed by atoms with E-state index in [-0.39, 0.29) is 32.0 Å². The number of nitrogens with zero attached hydrogens (tertiary/aromatic N) is 1. The van der Waals surface area contributed by atoms with E-state index in [0.717, 1.165) is 32.1 Å². The highest BCUT2D eigenvalue weighted by Gasteiger charge is 2.21. The zero-order valence-corrected chi connectivity index (χ0v) is 40.6. The van der Waals surface area contributed by atoms with E-state index in [2.05, 4.69) is 13.8 Å². The van der Waals surface area contributed by atoms with Gasteiger partial charge in [-0.15, -0.1) is 0 Å². The molecule has 0 N–H and O–H groups in total. The van der Waals surface area contributed by atoms with Crippen molar-refractivity contribution in [1.29, 1.82) is 0 Å². The highest BCUT2D eigenvalue weighted by Crippen LogP contribution is 2.38. The molecule has 2 atom stereocenters. The van der Waals surface area contributed by atoms with Gasteiger partial charge < -0.3 is 27.9 Å². The molecule has 0 bridgehead atoms. The van der Waals surface area contributed by atoms with E-state index in [4.69, 9.17) is 18.5 Å². The normalized spacial score (nSPS) is 13.4. The molecule has 0 heterocycles. The van der Waals surface area contributed by atoms with Crippen molar-refractivity contribution < 1.29 is 42.1 Å². The van der Waals surface area contributed by atoms with Crippen molar-refractivity contribution in [3.63, 3.8) is 0 Å². The first-order chi connectivity index (χ1) is 28.5. The number of quaternary nitrogens is 1. The van der Waals surface area contributed by atoms with Gasteiger partial charge in [0, 0.05) is 12.8 Å². The number of phosphoric ester groups is 1. The summed E-state index contributed by atoms with van der Waals surface area (Å²) in [6, 6.07) is 0. The van der Waals surface area contributed by atoms with E-state index in [1.165, 1.54) is 186 Å². The molecule has 0 aliphatic carbocycles. The van der Waals surface area contributed by atoms with Crippen LogP contribution in [0.2, 0.25) is 0 Å². The van der Waals surface area contributed by atoms with E-state index in [9.17, 15) is 19.0 Å². The van der Waals surface area contributed by atoms with Gasteiger partial charge >= 0.3 is 11.9 Å². The average molecular weight is 860 g/mol. The summed E-state index contributed by atoms with van der Waals surface area (Å²) in [6.07, 6.45) is 44.2. The molecule has 0 aliphatic rings. The van der Waals surface area contributed by atoms with Crippen LogP contribution in [-0.4, -0.2) is 70.0 Å². The molecule has 59 heavy (non-hydrogen) atoms. The molecular formula is C49H98NO8P. The summed E-state index contributed by atoms with van der Waals surface area (Å²) < 4.78 is 34.0. The predicted molar refractivity (Wildman–Crippen MR) is 245 cm³/mol. The first-order valence-corrected chi connectivity index (χ1v) is 26.7. The van der Waals surface area contributed by atoms with Crippen LogP contribution >= 0.6 is 7.82 Å². The fourth-order valence-electron chi connectivity index (χ4n) is 7.42. The maximum Gasteiger partial charge on any atom is 0.306 e. The average Bonchev–Trinajstić information content (AvgIpc) is 3.19. The van der Waals surface area contributed by atoms with Crippen LogP contribution < -0.4 is 4.89 Å². The molecule has 0 spiro atoms. The number of phosphoric acid groups is 1. The van der Waals surface area contributed by atoms with Gasteiger partial charge in [-0.3, -0.25) is 14.2 Å². The van der Waals surface area contributed by atoms with Gasteiger partial charge in [0.05, 0.1) is 27.7 Å². The van der Waals surface area contributed by atoms with E-state index in [0.29, 0.717) is 17.4 Å². The molecule has 0 fully saturated rings. The topological polar surface area (TPSA) is 111 Å². The zero-order valence-electron chi connectivity index (χ0n) is 39.7. The molecule has 0 saturated heterocycles. The Hall–Kier alpha value is -0.990. The van der Waals surface area contributed by atoms with Crippen LogP contribution in [0.4, 0.5) is 0 Å². The fourth-order valence-corrected chi connectivity index (χ4v) is 8.15. The lowest BCUT2D eigenvalue weighted by Gasteiger charge is -2.28. The third-order valence-electron chi connectivity index (χ3n) is 11.4. The van der Waals surface area contributed by atoms with Crippen molar-refractivity contribution in [2.24, 2.45) is 0 Å². The molecule has 0 saturated carbocycles. The minimum atomic E-state index is -4.62. The van der Waals surface area contributed by atoms with E-state index < -0.39 is 26.5 Å². The van der Waals surface area contributed by atoms with Gasteiger partial charge in [0.1, 0.15) is 19.8 Å². The second-order valence-corrected chi connectivity index (χ2v) is 20.0. The molecule has 0 aromatic rings. The van der Waals surface area contributed by atoms with Crippen LogP contribution in [0.1, 0.15) is 251 Å². The Balaban J connectivity index is 4.14. The highest BCUT2D eigenvalue weighted by atomic mass is 31.2. The molecule has 10 heteroatoms. The van der Waals surface area contributed by atoms with E-state index in [1.54, 1.807) is 0 Å². The standard InChI is InChI=1S/C49H98NO8P/c1-6-8-10-12-14-16-18-20-21-22-23-24-25-26-27-28-29-30-32-34-36-38-40-42-49(52)58-47(46-57-59(53,54)56-44-43-50(3,4)5)45-55-48(51)41-39-37-35-33-31-19-17-15-13-11-9-7-2/h47H,6-46H2,1-5H3. The smallest absolute Gasteiger partial charge is 0.306 e. The highest BCUT2D eigenvalue weighted by molar-refractivity contribution is 7.45. The molecule has 352 valence electrons. The number of ether oxygens (including phenoxy) is 2. The van der Waals surface area contributed by atoms with E-state index >= 15 is 0 Å². The van der Waals surface area contributed by atoms with Crippen molar-refractivity contribution in [3.8, 4) is 0 Å². The quantitative estimate of drug-likeness (QED) is 0.0257. The molecular weight excluding hydrogens is 762 g/mol. The monoisotopic (exact) mass is 860 g/mol. The summed E-state index contributed by atoms with van der Waals surface area (Å²) in [4.78, 5) is 37.6. The van der Waals surface area contributed by atoms with Crippen molar-refractivity contribution >= 4 is 19.8 Å². The summed E-state index contributed by atoms with van der Waals surface area (Å²) in [6.45, 7) is 4.28. The number of likely N-dealkylation sites (N-methyl/N-ethyl adjacent to an activating group) is 1. The number of hydrogen-bond donors (Lipinski definition) is 0. The number of esters is 2. The molecule has 0 amide bonds. The lowest BCUT2D eigenvalue weighted by Crippen LogP contribution is -2.37. The second-order valence-electron chi connectivity index (χ2n) is 18.6. The SMILES string of the molecule is CCCCCCCCCCCCCCCCCCCCCCCCCC(=O)OC(COC(=O)CCCCCCCCCCCCCC)COP(=O)([O-])OCC[N+](C)(C)C. The van der Waals surface area contributed by atoms with Crippen LogP contribution in [0.15, 0.2) is 0 Å². The Morgan fingerprint density at radius 3 is 1.08 bits per heavy atom. The maximum absolute atomic E-state index is 12.7. The lowest BCUT2D eigenvalue weighted by molar-refractivity contribution is -0.870. The Kier molecular flexibility index (Phi) is 41.6. The number of carbonyl (C=O) groups excluding carboxylic acids is 2. The molecule has 9 nitrogen and oxygen atoms in total.